The van der Waals surface area contributed by atoms with Gasteiger partial charge in [0.25, 0.3) is 0 Å². The van der Waals surface area contributed by atoms with Crippen molar-refractivity contribution in [3.8, 4) is 0 Å². The van der Waals surface area contributed by atoms with Crippen LogP contribution in [0.2, 0.25) is 0 Å². The highest BCUT2D eigenvalue weighted by Crippen LogP contribution is 2.26. The van der Waals surface area contributed by atoms with Crippen molar-refractivity contribution >= 4 is 5.69 Å². The number of anilines is 1. The fourth-order valence-corrected chi connectivity index (χ4v) is 2.67. The van der Waals surface area contributed by atoms with Crippen molar-refractivity contribution in [1.29, 1.82) is 0 Å². The maximum Gasteiger partial charge on any atom is 0.146 e. The molecular formula is C15H21F2N. The Kier molecular flexibility index (Phi) is 4.56. The van der Waals surface area contributed by atoms with Gasteiger partial charge in [0.05, 0.1) is 5.69 Å². The summed E-state index contributed by atoms with van der Waals surface area (Å²) in [4.78, 5) is 0. The van der Waals surface area contributed by atoms with Gasteiger partial charge in [0, 0.05) is 12.6 Å². The topological polar surface area (TPSA) is 12.0 Å². The Morgan fingerprint density at radius 2 is 1.83 bits per heavy atom. The van der Waals surface area contributed by atoms with Gasteiger partial charge in [-0.15, -0.1) is 0 Å². The molecule has 0 aliphatic heterocycles. The molecule has 0 aromatic heterocycles. The molecule has 1 fully saturated rings. The molecule has 1 N–H and O–H groups in total. The smallest absolute Gasteiger partial charge is 0.146 e. The van der Waals surface area contributed by atoms with Gasteiger partial charge >= 0.3 is 0 Å². The van der Waals surface area contributed by atoms with E-state index in [2.05, 4.69) is 5.32 Å². The van der Waals surface area contributed by atoms with Crippen LogP contribution in [0.25, 0.3) is 0 Å². The molecule has 0 radical (unpaired) electrons. The van der Waals surface area contributed by atoms with E-state index >= 15 is 0 Å². The van der Waals surface area contributed by atoms with Crippen molar-refractivity contribution in [3.63, 3.8) is 0 Å². The number of hydrogen-bond acceptors (Lipinski definition) is 1. The van der Waals surface area contributed by atoms with Crippen molar-refractivity contribution in [2.24, 2.45) is 5.92 Å². The van der Waals surface area contributed by atoms with Crippen LogP contribution in [0.1, 0.15) is 44.1 Å². The summed E-state index contributed by atoms with van der Waals surface area (Å²) in [5, 5.41) is 3.01. The number of rotatable bonds is 4. The average Bonchev–Trinajstić information content (AvgIpc) is 2.37. The molecule has 1 nitrogen and oxygen atoms in total. The Balaban J connectivity index is 1.84. The molecule has 0 heterocycles. The van der Waals surface area contributed by atoms with Crippen molar-refractivity contribution < 1.29 is 8.78 Å². The summed E-state index contributed by atoms with van der Waals surface area (Å²) in [6.07, 6.45) is 7.60. The third-order valence-corrected chi connectivity index (χ3v) is 3.84. The zero-order chi connectivity index (χ0) is 13.0. The van der Waals surface area contributed by atoms with E-state index in [1.54, 1.807) is 6.92 Å². The molecular weight excluding hydrogens is 232 g/mol. The third kappa shape index (κ3) is 3.44. The molecule has 1 aliphatic rings. The van der Waals surface area contributed by atoms with E-state index in [-0.39, 0.29) is 17.3 Å². The largest absolute Gasteiger partial charge is 0.383 e. The van der Waals surface area contributed by atoms with Crippen LogP contribution in [0, 0.1) is 24.5 Å². The van der Waals surface area contributed by atoms with E-state index < -0.39 is 0 Å². The van der Waals surface area contributed by atoms with Gasteiger partial charge in [-0.25, -0.2) is 8.78 Å². The first-order valence-electron chi connectivity index (χ1n) is 6.86. The second-order valence-corrected chi connectivity index (χ2v) is 5.30. The summed E-state index contributed by atoms with van der Waals surface area (Å²) >= 11 is 0. The summed E-state index contributed by atoms with van der Waals surface area (Å²) in [5.74, 6) is 0.0405. The number of aryl methyl sites for hydroxylation is 1. The molecule has 1 aliphatic carbocycles. The molecule has 1 aromatic rings. The normalized spacial score (nSPS) is 16.8. The minimum Gasteiger partial charge on any atom is -0.383 e. The maximum absolute atomic E-state index is 13.6. The van der Waals surface area contributed by atoms with Crippen LogP contribution in [0.5, 0.6) is 0 Å². The van der Waals surface area contributed by atoms with Gasteiger partial charge in [-0.3, -0.25) is 0 Å². The van der Waals surface area contributed by atoms with Crippen LogP contribution in [0.15, 0.2) is 12.1 Å². The minimum absolute atomic E-state index is 0.286. The molecule has 0 bridgehead atoms. The molecule has 3 heteroatoms. The predicted molar refractivity (Wildman–Crippen MR) is 70.8 cm³/mol. The van der Waals surface area contributed by atoms with Crippen LogP contribution in [-0.2, 0) is 0 Å². The quantitative estimate of drug-likeness (QED) is 0.823. The first-order valence-corrected chi connectivity index (χ1v) is 6.86. The van der Waals surface area contributed by atoms with Crippen molar-refractivity contribution in [1.82, 2.24) is 0 Å². The molecule has 100 valence electrons. The Hall–Kier alpha value is -1.12. The summed E-state index contributed by atoms with van der Waals surface area (Å²) in [5.41, 5.74) is 0.638. The maximum atomic E-state index is 13.6. The number of halogens is 2. The van der Waals surface area contributed by atoms with Gasteiger partial charge in [0.2, 0.25) is 0 Å². The molecule has 0 amide bonds. The van der Waals surface area contributed by atoms with Crippen LogP contribution < -0.4 is 5.32 Å². The fraction of sp³-hybridized carbons (Fsp3) is 0.600. The Morgan fingerprint density at radius 3 is 2.56 bits per heavy atom. The van der Waals surface area contributed by atoms with Gasteiger partial charge in [-0.1, -0.05) is 32.1 Å². The van der Waals surface area contributed by atoms with Crippen molar-refractivity contribution in [2.75, 3.05) is 11.9 Å². The highest BCUT2D eigenvalue weighted by molar-refractivity contribution is 5.46. The molecule has 0 spiro atoms. The minimum atomic E-state index is -0.363. The lowest BCUT2D eigenvalue weighted by Crippen LogP contribution is -2.13. The van der Waals surface area contributed by atoms with Crippen LogP contribution in [0.3, 0.4) is 0 Å². The standard InChI is InChI=1S/C15H21F2N/c1-11-9-14(17)15(10-13(11)16)18-8-7-12-5-3-2-4-6-12/h9-10,12,18H,2-8H2,1H3. The summed E-state index contributed by atoms with van der Waals surface area (Å²) in [6, 6.07) is 2.50. The van der Waals surface area contributed by atoms with Crippen LogP contribution in [-0.4, -0.2) is 6.54 Å². The molecule has 0 atom stereocenters. The number of benzene rings is 1. The highest BCUT2D eigenvalue weighted by atomic mass is 19.1. The number of nitrogens with one attached hydrogen (secondary N) is 1. The zero-order valence-corrected chi connectivity index (χ0v) is 10.9. The van der Waals surface area contributed by atoms with Gasteiger partial charge in [-0.05, 0) is 30.9 Å². The molecule has 0 saturated heterocycles. The Labute approximate surface area is 108 Å². The van der Waals surface area contributed by atoms with Gasteiger partial charge in [-0.2, -0.15) is 0 Å². The lowest BCUT2D eigenvalue weighted by molar-refractivity contribution is 0.345. The van der Waals surface area contributed by atoms with Gasteiger partial charge in [0.15, 0.2) is 0 Å². The fourth-order valence-electron chi connectivity index (χ4n) is 2.67. The van der Waals surface area contributed by atoms with Crippen LogP contribution >= 0.6 is 0 Å². The second kappa shape index (κ2) is 6.17. The predicted octanol–water partition coefficient (Wildman–Crippen LogP) is 4.66. The summed E-state index contributed by atoms with van der Waals surface area (Å²) in [6.45, 7) is 2.30. The van der Waals surface area contributed by atoms with Crippen molar-refractivity contribution in [2.45, 2.75) is 45.4 Å². The number of hydrogen-bond donors (Lipinski definition) is 1. The SMILES string of the molecule is Cc1cc(F)c(NCCC2CCCCC2)cc1F. The van der Waals surface area contributed by atoms with E-state index in [1.807, 2.05) is 0 Å². The Morgan fingerprint density at radius 1 is 1.11 bits per heavy atom. The molecule has 2 rings (SSSR count). The van der Waals surface area contributed by atoms with E-state index in [0.717, 1.165) is 18.9 Å². The molecule has 1 aromatic carbocycles. The lowest BCUT2D eigenvalue weighted by Gasteiger charge is -2.21. The third-order valence-electron chi connectivity index (χ3n) is 3.84. The van der Waals surface area contributed by atoms with Gasteiger partial charge < -0.3 is 5.32 Å². The van der Waals surface area contributed by atoms with E-state index in [9.17, 15) is 8.78 Å². The second-order valence-electron chi connectivity index (χ2n) is 5.30. The zero-order valence-electron chi connectivity index (χ0n) is 10.9. The molecule has 0 unspecified atom stereocenters. The molecule has 1 saturated carbocycles. The van der Waals surface area contributed by atoms with E-state index in [4.69, 9.17) is 0 Å². The van der Waals surface area contributed by atoms with E-state index in [0.29, 0.717) is 5.56 Å². The van der Waals surface area contributed by atoms with Gasteiger partial charge in [0.1, 0.15) is 11.6 Å². The summed E-state index contributed by atoms with van der Waals surface area (Å²) in [7, 11) is 0. The van der Waals surface area contributed by atoms with Crippen LogP contribution in [0.4, 0.5) is 14.5 Å². The van der Waals surface area contributed by atoms with E-state index in [1.165, 1.54) is 44.2 Å². The highest BCUT2D eigenvalue weighted by Gasteiger charge is 2.13. The Bertz CT molecular complexity index is 398. The first kappa shape index (κ1) is 13.3. The molecule has 18 heavy (non-hydrogen) atoms. The average molecular weight is 253 g/mol. The monoisotopic (exact) mass is 253 g/mol. The van der Waals surface area contributed by atoms with Crippen molar-refractivity contribution in [3.05, 3.63) is 29.3 Å². The first-order chi connectivity index (χ1) is 8.66. The summed E-state index contributed by atoms with van der Waals surface area (Å²) < 4.78 is 26.9. The lowest BCUT2D eigenvalue weighted by atomic mass is 9.87.